The Labute approximate surface area is 161 Å². The van der Waals surface area contributed by atoms with Crippen molar-refractivity contribution in [3.63, 3.8) is 0 Å². The molecule has 3 N–H and O–H groups in total. The lowest BCUT2D eigenvalue weighted by atomic mass is 10.0. The number of nitrogens with one attached hydrogen (secondary N) is 2. The molecule has 2 atom stereocenters. The monoisotopic (exact) mass is 384 g/mol. The standard InChI is InChI=1S/C21H21FN2O4/c22-17-7-1-13(2-8-17)12-23-19(25)14-5-9-18(10-6-14)24-20(26)15-3-4-16(11-15)21(27)28/h1-2,5-10,15-16H,3-4,11-12H2,(H,23,25)(H,24,26)(H,27,28)/t15-,16+/m0/s1. The van der Waals surface area contributed by atoms with Gasteiger partial charge in [-0.2, -0.15) is 0 Å². The smallest absolute Gasteiger partial charge is 0.306 e. The predicted molar refractivity (Wildman–Crippen MR) is 101 cm³/mol. The SMILES string of the molecule is O=C(NCc1ccc(F)cc1)c1ccc(NC(=O)[C@H]2CC[C@@H](C(=O)O)C2)cc1. The van der Waals surface area contributed by atoms with Crippen molar-refractivity contribution in [1.29, 1.82) is 0 Å². The lowest BCUT2D eigenvalue weighted by Crippen LogP contribution is -2.23. The molecule has 28 heavy (non-hydrogen) atoms. The van der Waals surface area contributed by atoms with Crippen LogP contribution in [0.4, 0.5) is 10.1 Å². The average molecular weight is 384 g/mol. The van der Waals surface area contributed by atoms with Crippen LogP contribution in [-0.4, -0.2) is 22.9 Å². The highest BCUT2D eigenvalue weighted by Gasteiger charge is 2.33. The van der Waals surface area contributed by atoms with Crippen molar-refractivity contribution in [3.05, 3.63) is 65.5 Å². The van der Waals surface area contributed by atoms with Gasteiger partial charge in [-0.1, -0.05) is 12.1 Å². The number of halogens is 1. The highest BCUT2D eigenvalue weighted by molar-refractivity contribution is 5.96. The van der Waals surface area contributed by atoms with E-state index in [0.717, 1.165) is 5.56 Å². The molecule has 2 amide bonds. The minimum absolute atomic E-state index is 0.197. The fraction of sp³-hybridized carbons (Fsp3) is 0.286. The van der Waals surface area contributed by atoms with E-state index in [1.165, 1.54) is 12.1 Å². The normalized spacial score (nSPS) is 18.5. The zero-order valence-electron chi connectivity index (χ0n) is 15.2. The third-order valence-corrected chi connectivity index (χ3v) is 4.93. The minimum atomic E-state index is -0.855. The Kier molecular flexibility index (Phi) is 6.03. The van der Waals surface area contributed by atoms with E-state index in [-0.39, 0.29) is 30.1 Å². The number of carbonyl (C=O) groups is 3. The minimum Gasteiger partial charge on any atom is -0.481 e. The third kappa shape index (κ3) is 4.94. The van der Waals surface area contributed by atoms with Crippen molar-refractivity contribution < 1.29 is 23.9 Å². The van der Waals surface area contributed by atoms with Gasteiger partial charge in [0.2, 0.25) is 5.91 Å². The fourth-order valence-corrected chi connectivity index (χ4v) is 3.28. The highest BCUT2D eigenvalue weighted by Crippen LogP contribution is 2.31. The molecule has 0 bridgehead atoms. The summed E-state index contributed by atoms with van der Waals surface area (Å²) in [7, 11) is 0. The van der Waals surface area contributed by atoms with Crippen molar-refractivity contribution in [2.45, 2.75) is 25.8 Å². The van der Waals surface area contributed by atoms with Gasteiger partial charge in [-0.25, -0.2) is 4.39 Å². The Morgan fingerprint density at radius 2 is 1.61 bits per heavy atom. The molecule has 6 nitrogen and oxygen atoms in total. The van der Waals surface area contributed by atoms with E-state index in [9.17, 15) is 18.8 Å². The maximum Gasteiger partial charge on any atom is 0.306 e. The van der Waals surface area contributed by atoms with Crippen LogP contribution in [0.25, 0.3) is 0 Å². The fourth-order valence-electron chi connectivity index (χ4n) is 3.28. The number of benzene rings is 2. The molecule has 0 unspecified atom stereocenters. The van der Waals surface area contributed by atoms with Crippen LogP contribution in [0.5, 0.6) is 0 Å². The number of carboxylic acid groups (broad SMARTS) is 1. The molecule has 146 valence electrons. The van der Waals surface area contributed by atoms with Gasteiger partial charge in [0.15, 0.2) is 0 Å². The molecule has 0 heterocycles. The maximum absolute atomic E-state index is 12.9. The number of carbonyl (C=O) groups excluding carboxylic acids is 2. The van der Waals surface area contributed by atoms with Gasteiger partial charge in [-0.05, 0) is 61.2 Å². The molecule has 1 fully saturated rings. The summed E-state index contributed by atoms with van der Waals surface area (Å²) < 4.78 is 12.9. The molecular weight excluding hydrogens is 363 g/mol. The first-order valence-corrected chi connectivity index (χ1v) is 9.09. The van der Waals surface area contributed by atoms with Crippen molar-refractivity contribution in [3.8, 4) is 0 Å². The number of carboxylic acids is 1. The van der Waals surface area contributed by atoms with Gasteiger partial charge in [0, 0.05) is 23.7 Å². The number of hydrogen-bond acceptors (Lipinski definition) is 3. The van der Waals surface area contributed by atoms with Gasteiger partial charge in [-0.3, -0.25) is 14.4 Å². The van der Waals surface area contributed by atoms with Crippen molar-refractivity contribution in [2.75, 3.05) is 5.32 Å². The molecule has 1 aliphatic carbocycles. The van der Waals surface area contributed by atoms with Crippen LogP contribution >= 0.6 is 0 Å². The highest BCUT2D eigenvalue weighted by atomic mass is 19.1. The van der Waals surface area contributed by atoms with Crippen molar-refractivity contribution in [1.82, 2.24) is 5.32 Å². The van der Waals surface area contributed by atoms with Crippen LogP contribution in [0.3, 0.4) is 0 Å². The summed E-state index contributed by atoms with van der Waals surface area (Å²) in [5.41, 5.74) is 1.78. The maximum atomic E-state index is 12.9. The van der Waals surface area contributed by atoms with E-state index >= 15 is 0 Å². The van der Waals surface area contributed by atoms with E-state index in [1.54, 1.807) is 36.4 Å². The molecule has 3 rings (SSSR count). The van der Waals surface area contributed by atoms with E-state index < -0.39 is 11.9 Å². The van der Waals surface area contributed by atoms with Gasteiger partial charge in [0.05, 0.1) is 5.92 Å². The average Bonchev–Trinajstić information content (AvgIpc) is 3.19. The van der Waals surface area contributed by atoms with Crippen LogP contribution in [0.2, 0.25) is 0 Å². The third-order valence-electron chi connectivity index (χ3n) is 4.93. The Morgan fingerprint density at radius 3 is 2.21 bits per heavy atom. The van der Waals surface area contributed by atoms with Crippen molar-refractivity contribution in [2.24, 2.45) is 11.8 Å². The van der Waals surface area contributed by atoms with Gasteiger partial charge >= 0.3 is 5.97 Å². The number of anilines is 1. The molecule has 0 spiro atoms. The number of aliphatic carboxylic acids is 1. The summed E-state index contributed by atoms with van der Waals surface area (Å²) in [5.74, 6) is -2.42. The van der Waals surface area contributed by atoms with Gasteiger partial charge in [0.25, 0.3) is 5.91 Å². The van der Waals surface area contributed by atoms with Crippen LogP contribution in [0.1, 0.15) is 35.2 Å². The van der Waals surface area contributed by atoms with Crippen molar-refractivity contribution >= 4 is 23.5 Å². The lowest BCUT2D eigenvalue weighted by Gasteiger charge is -2.11. The Hall–Kier alpha value is -3.22. The lowest BCUT2D eigenvalue weighted by molar-refractivity contribution is -0.141. The summed E-state index contributed by atoms with van der Waals surface area (Å²) in [5, 5.41) is 14.6. The quantitative estimate of drug-likeness (QED) is 0.713. The van der Waals surface area contributed by atoms with Crippen LogP contribution in [0, 0.1) is 17.7 Å². The van der Waals surface area contributed by atoms with Crippen LogP contribution < -0.4 is 10.6 Å². The zero-order valence-corrected chi connectivity index (χ0v) is 15.2. The Morgan fingerprint density at radius 1 is 0.964 bits per heavy atom. The van der Waals surface area contributed by atoms with E-state index in [2.05, 4.69) is 10.6 Å². The topological polar surface area (TPSA) is 95.5 Å². The second-order valence-electron chi connectivity index (χ2n) is 6.92. The second kappa shape index (κ2) is 8.65. The number of hydrogen-bond donors (Lipinski definition) is 3. The molecule has 0 aliphatic heterocycles. The summed E-state index contributed by atoms with van der Waals surface area (Å²) in [4.78, 5) is 35.5. The first-order chi connectivity index (χ1) is 13.4. The molecule has 1 saturated carbocycles. The van der Waals surface area contributed by atoms with Crippen LogP contribution in [-0.2, 0) is 16.1 Å². The van der Waals surface area contributed by atoms with Gasteiger partial charge in [-0.15, -0.1) is 0 Å². The first-order valence-electron chi connectivity index (χ1n) is 9.09. The molecule has 0 saturated heterocycles. The molecular formula is C21H21FN2O4. The Balaban J connectivity index is 1.51. The summed E-state index contributed by atoms with van der Waals surface area (Å²) in [6.45, 7) is 0.282. The van der Waals surface area contributed by atoms with E-state index in [1.807, 2.05) is 0 Å². The largest absolute Gasteiger partial charge is 0.481 e. The summed E-state index contributed by atoms with van der Waals surface area (Å²) >= 11 is 0. The Bertz CT molecular complexity index is 865. The number of rotatable bonds is 6. The van der Waals surface area contributed by atoms with E-state index in [4.69, 9.17) is 5.11 Å². The van der Waals surface area contributed by atoms with Crippen LogP contribution in [0.15, 0.2) is 48.5 Å². The molecule has 0 aromatic heterocycles. The molecule has 7 heteroatoms. The number of amides is 2. The molecule has 0 radical (unpaired) electrons. The molecule has 2 aromatic rings. The zero-order chi connectivity index (χ0) is 20.1. The second-order valence-corrected chi connectivity index (χ2v) is 6.92. The van der Waals surface area contributed by atoms with E-state index in [0.29, 0.717) is 30.5 Å². The van der Waals surface area contributed by atoms with Gasteiger partial charge < -0.3 is 15.7 Å². The van der Waals surface area contributed by atoms with Gasteiger partial charge in [0.1, 0.15) is 5.82 Å². The summed E-state index contributed by atoms with van der Waals surface area (Å²) in [6, 6.07) is 12.3. The molecule has 2 aromatic carbocycles. The first kappa shape index (κ1) is 19.5. The predicted octanol–water partition coefficient (Wildman–Crippen LogP) is 3.20. The summed E-state index contributed by atoms with van der Waals surface area (Å²) in [6.07, 6.45) is 1.43. The molecule has 1 aliphatic rings.